The van der Waals surface area contributed by atoms with E-state index in [1.54, 1.807) is 0 Å². The summed E-state index contributed by atoms with van der Waals surface area (Å²) in [7, 11) is 0. The van der Waals surface area contributed by atoms with Crippen molar-refractivity contribution in [3.8, 4) is 0 Å². The molecule has 7 heteroatoms. The molecule has 1 atom stereocenters. The van der Waals surface area contributed by atoms with Gasteiger partial charge in [-0.05, 0) is 5.41 Å². The van der Waals surface area contributed by atoms with Gasteiger partial charge in [0.05, 0.1) is 6.42 Å². The molecule has 0 aliphatic rings. The summed E-state index contributed by atoms with van der Waals surface area (Å²) in [5.74, 6) is -1.21. The lowest BCUT2D eigenvalue weighted by atomic mass is 9.84. The van der Waals surface area contributed by atoms with Crippen molar-refractivity contribution >= 4 is 11.9 Å². The summed E-state index contributed by atoms with van der Waals surface area (Å²) in [6.45, 7) is 5.69. The first-order valence-corrected chi connectivity index (χ1v) is 5.62. The standard InChI is InChI=1S/C11H18N4O3/c1-11(2,3)8(4-10(17)18)14-9(16)5-15-7-12-6-13-15/h6-8H,4-5H2,1-3H3,(H,14,16)(H,17,18). The average molecular weight is 254 g/mol. The van der Waals surface area contributed by atoms with Crippen molar-refractivity contribution in [3.63, 3.8) is 0 Å². The number of carboxylic acids is 1. The summed E-state index contributed by atoms with van der Waals surface area (Å²) in [6, 6.07) is -0.425. The van der Waals surface area contributed by atoms with Crippen LogP contribution in [0.25, 0.3) is 0 Å². The van der Waals surface area contributed by atoms with Gasteiger partial charge in [-0.15, -0.1) is 0 Å². The van der Waals surface area contributed by atoms with Crippen molar-refractivity contribution in [2.75, 3.05) is 0 Å². The van der Waals surface area contributed by atoms with Gasteiger partial charge in [-0.1, -0.05) is 20.8 Å². The van der Waals surface area contributed by atoms with Crippen LogP contribution >= 0.6 is 0 Å². The lowest BCUT2D eigenvalue weighted by Crippen LogP contribution is -2.46. The minimum Gasteiger partial charge on any atom is -0.481 e. The Kier molecular flexibility index (Phi) is 4.41. The smallest absolute Gasteiger partial charge is 0.305 e. The van der Waals surface area contributed by atoms with E-state index in [0.717, 1.165) is 0 Å². The van der Waals surface area contributed by atoms with Crippen LogP contribution in [-0.4, -0.2) is 37.8 Å². The van der Waals surface area contributed by atoms with Gasteiger partial charge in [0.25, 0.3) is 0 Å². The highest BCUT2D eigenvalue weighted by Gasteiger charge is 2.28. The van der Waals surface area contributed by atoms with Gasteiger partial charge in [0.2, 0.25) is 5.91 Å². The normalized spacial score (nSPS) is 13.1. The maximum absolute atomic E-state index is 11.8. The third kappa shape index (κ3) is 4.52. The molecule has 0 bridgehead atoms. The number of hydrogen-bond acceptors (Lipinski definition) is 4. The Morgan fingerprint density at radius 1 is 1.44 bits per heavy atom. The van der Waals surface area contributed by atoms with E-state index in [0.29, 0.717) is 0 Å². The zero-order chi connectivity index (χ0) is 13.8. The predicted molar refractivity (Wildman–Crippen MR) is 63.7 cm³/mol. The minimum atomic E-state index is -0.934. The first-order valence-electron chi connectivity index (χ1n) is 5.62. The number of carbonyl (C=O) groups is 2. The van der Waals surface area contributed by atoms with Crippen molar-refractivity contribution < 1.29 is 14.7 Å². The Bertz CT molecular complexity index is 408. The number of hydrogen-bond donors (Lipinski definition) is 2. The number of carbonyl (C=O) groups excluding carboxylic acids is 1. The van der Waals surface area contributed by atoms with E-state index >= 15 is 0 Å². The molecule has 0 aromatic carbocycles. The maximum atomic E-state index is 11.8. The topological polar surface area (TPSA) is 97.1 Å². The van der Waals surface area contributed by atoms with Crippen LogP contribution in [0.1, 0.15) is 27.2 Å². The highest BCUT2D eigenvalue weighted by atomic mass is 16.4. The molecular formula is C11H18N4O3. The monoisotopic (exact) mass is 254 g/mol. The van der Waals surface area contributed by atoms with Gasteiger partial charge < -0.3 is 10.4 Å². The average Bonchev–Trinajstić information content (AvgIpc) is 2.67. The van der Waals surface area contributed by atoms with Gasteiger partial charge >= 0.3 is 5.97 Å². The minimum absolute atomic E-state index is 0.0339. The number of amides is 1. The summed E-state index contributed by atoms with van der Waals surface area (Å²) in [6.07, 6.45) is 2.67. The molecule has 1 unspecified atom stereocenters. The molecule has 0 saturated carbocycles. The van der Waals surface area contributed by atoms with Crippen LogP contribution < -0.4 is 5.32 Å². The van der Waals surface area contributed by atoms with Crippen LogP contribution in [0.2, 0.25) is 0 Å². The summed E-state index contributed by atoms with van der Waals surface area (Å²) >= 11 is 0. The maximum Gasteiger partial charge on any atom is 0.305 e. The van der Waals surface area contributed by atoms with Gasteiger partial charge in [-0.3, -0.25) is 9.59 Å². The fourth-order valence-corrected chi connectivity index (χ4v) is 1.45. The molecule has 1 aromatic heterocycles. The number of nitrogens with zero attached hydrogens (tertiary/aromatic N) is 3. The first kappa shape index (κ1) is 14.1. The molecule has 0 saturated heterocycles. The molecule has 0 aliphatic heterocycles. The summed E-state index contributed by atoms with van der Waals surface area (Å²) < 4.78 is 1.38. The summed E-state index contributed by atoms with van der Waals surface area (Å²) in [5, 5.41) is 15.4. The van der Waals surface area contributed by atoms with Crippen molar-refractivity contribution in [2.45, 2.75) is 39.8 Å². The first-order chi connectivity index (χ1) is 8.29. The zero-order valence-corrected chi connectivity index (χ0v) is 10.8. The van der Waals surface area contributed by atoms with E-state index in [1.165, 1.54) is 17.3 Å². The fourth-order valence-electron chi connectivity index (χ4n) is 1.45. The van der Waals surface area contributed by atoms with Crippen LogP contribution in [-0.2, 0) is 16.1 Å². The molecule has 1 rings (SSSR count). The molecule has 0 spiro atoms. The second-order valence-corrected chi connectivity index (χ2v) is 5.18. The van der Waals surface area contributed by atoms with Crippen LogP contribution in [0.5, 0.6) is 0 Å². The fraction of sp³-hybridized carbons (Fsp3) is 0.636. The van der Waals surface area contributed by atoms with Gasteiger partial charge in [-0.25, -0.2) is 9.67 Å². The van der Waals surface area contributed by atoms with E-state index in [-0.39, 0.29) is 24.3 Å². The van der Waals surface area contributed by atoms with E-state index < -0.39 is 12.0 Å². The van der Waals surface area contributed by atoms with Crippen LogP contribution in [0.4, 0.5) is 0 Å². The molecule has 18 heavy (non-hydrogen) atoms. The molecule has 1 aromatic rings. The van der Waals surface area contributed by atoms with E-state index in [2.05, 4.69) is 15.4 Å². The Morgan fingerprint density at radius 3 is 2.56 bits per heavy atom. The molecule has 100 valence electrons. The molecule has 1 heterocycles. The second-order valence-electron chi connectivity index (χ2n) is 5.18. The highest BCUT2D eigenvalue weighted by molar-refractivity contribution is 5.77. The van der Waals surface area contributed by atoms with Crippen molar-refractivity contribution in [1.82, 2.24) is 20.1 Å². The van der Waals surface area contributed by atoms with Crippen LogP contribution in [0.3, 0.4) is 0 Å². The summed E-state index contributed by atoms with van der Waals surface area (Å²) in [4.78, 5) is 26.3. The molecule has 0 aliphatic carbocycles. The Morgan fingerprint density at radius 2 is 2.11 bits per heavy atom. The molecule has 7 nitrogen and oxygen atoms in total. The number of rotatable bonds is 5. The van der Waals surface area contributed by atoms with E-state index in [4.69, 9.17) is 5.11 Å². The number of aromatic nitrogens is 3. The Hall–Kier alpha value is -1.92. The number of nitrogens with one attached hydrogen (secondary N) is 1. The molecule has 1 amide bonds. The van der Waals surface area contributed by atoms with Gasteiger partial charge in [-0.2, -0.15) is 5.10 Å². The van der Waals surface area contributed by atoms with Crippen molar-refractivity contribution in [3.05, 3.63) is 12.7 Å². The zero-order valence-electron chi connectivity index (χ0n) is 10.8. The quantitative estimate of drug-likeness (QED) is 0.786. The number of aliphatic carboxylic acids is 1. The summed E-state index contributed by atoms with van der Waals surface area (Å²) in [5.41, 5.74) is -0.323. The van der Waals surface area contributed by atoms with Crippen LogP contribution in [0, 0.1) is 5.41 Å². The lowest BCUT2D eigenvalue weighted by Gasteiger charge is -2.30. The van der Waals surface area contributed by atoms with Crippen LogP contribution in [0.15, 0.2) is 12.7 Å². The van der Waals surface area contributed by atoms with Gasteiger partial charge in [0.15, 0.2) is 0 Å². The van der Waals surface area contributed by atoms with Crippen molar-refractivity contribution in [2.24, 2.45) is 5.41 Å². The molecule has 0 radical (unpaired) electrons. The number of carboxylic acid groups (broad SMARTS) is 1. The van der Waals surface area contributed by atoms with E-state index in [9.17, 15) is 9.59 Å². The predicted octanol–water partition coefficient (Wildman–Crippen LogP) is 0.284. The Balaban J connectivity index is 2.60. The molecular weight excluding hydrogens is 236 g/mol. The Labute approximate surface area is 105 Å². The van der Waals surface area contributed by atoms with Crippen molar-refractivity contribution in [1.29, 1.82) is 0 Å². The lowest BCUT2D eigenvalue weighted by molar-refractivity contribution is -0.138. The second kappa shape index (κ2) is 5.61. The third-order valence-corrected chi connectivity index (χ3v) is 2.53. The highest BCUT2D eigenvalue weighted by Crippen LogP contribution is 2.21. The largest absolute Gasteiger partial charge is 0.481 e. The SMILES string of the molecule is CC(C)(C)C(CC(=O)O)NC(=O)Cn1cncn1. The van der Waals surface area contributed by atoms with E-state index in [1.807, 2.05) is 20.8 Å². The third-order valence-electron chi connectivity index (χ3n) is 2.53. The van der Waals surface area contributed by atoms with Gasteiger partial charge in [0, 0.05) is 6.04 Å². The van der Waals surface area contributed by atoms with Gasteiger partial charge in [0.1, 0.15) is 19.2 Å². The molecule has 2 N–H and O–H groups in total. The molecule has 0 fully saturated rings.